The van der Waals surface area contributed by atoms with Crippen LogP contribution >= 0.6 is 0 Å². The number of rotatable bonds is 6. The summed E-state index contributed by atoms with van der Waals surface area (Å²) in [6.45, 7) is 0.558. The Labute approximate surface area is 144 Å². The Morgan fingerprint density at radius 1 is 1.04 bits per heavy atom. The molecule has 0 heterocycles. The molecule has 2 rings (SSSR count). The van der Waals surface area contributed by atoms with E-state index in [1.54, 1.807) is 28.4 Å². The molecule has 1 saturated carbocycles. The number of aliphatic imine (C=N–C) groups is 1. The first-order valence-corrected chi connectivity index (χ1v) is 8.47. The quantitative estimate of drug-likeness (QED) is 0.618. The van der Waals surface area contributed by atoms with E-state index in [9.17, 15) is 0 Å². The van der Waals surface area contributed by atoms with Gasteiger partial charge in [0.05, 0.1) is 33.4 Å². The molecule has 0 atom stereocenters. The molecule has 0 aliphatic heterocycles. The number of ether oxygens (including phenoxy) is 3. The normalized spacial score (nSPS) is 15.8. The van der Waals surface area contributed by atoms with Crippen molar-refractivity contribution in [1.82, 2.24) is 10.6 Å². The summed E-state index contributed by atoms with van der Waals surface area (Å²) in [6, 6.07) is 4.22. The van der Waals surface area contributed by atoms with Crippen LogP contribution in [0.25, 0.3) is 0 Å². The summed E-state index contributed by atoms with van der Waals surface area (Å²) in [7, 11) is 6.71. The van der Waals surface area contributed by atoms with Crippen LogP contribution in [0.2, 0.25) is 0 Å². The van der Waals surface area contributed by atoms with Crippen molar-refractivity contribution in [2.24, 2.45) is 4.99 Å². The van der Waals surface area contributed by atoms with Crippen molar-refractivity contribution >= 4 is 5.96 Å². The summed E-state index contributed by atoms with van der Waals surface area (Å²) in [4.78, 5) is 4.33. The molecule has 2 N–H and O–H groups in total. The molecule has 1 aliphatic carbocycles. The Bertz CT molecular complexity index is 529. The minimum Gasteiger partial charge on any atom is -0.496 e. The van der Waals surface area contributed by atoms with Crippen LogP contribution in [0.5, 0.6) is 17.2 Å². The van der Waals surface area contributed by atoms with Gasteiger partial charge in [-0.2, -0.15) is 0 Å². The van der Waals surface area contributed by atoms with E-state index < -0.39 is 0 Å². The van der Waals surface area contributed by atoms with E-state index in [4.69, 9.17) is 14.2 Å². The first-order chi connectivity index (χ1) is 11.7. The van der Waals surface area contributed by atoms with Gasteiger partial charge in [-0.25, -0.2) is 0 Å². The van der Waals surface area contributed by atoms with Gasteiger partial charge in [0.25, 0.3) is 0 Å². The fraction of sp³-hybridized carbons (Fsp3) is 0.611. The lowest BCUT2D eigenvalue weighted by Gasteiger charge is -2.25. The maximum Gasteiger partial charge on any atom is 0.191 e. The van der Waals surface area contributed by atoms with E-state index in [2.05, 4.69) is 15.6 Å². The van der Waals surface area contributed by atoms with Crippen LogP contribution in [-0.2, 0) is 6.54 Å². The Kier molecular flexibility index (Phi) is 7.03. The zero-order valence-electron chi connectivity index (χ0n) is 15.1. The number of nitrogens with one attached hydrogen (secondary N) is 2. The highest BCUT2D eigenvalue weighted by molar-refractivity contribution is 5.80. The molecule has 24 heavy (non-hydrogen) atoms. The standard InChI is InChI=1S/C18H29N3O3/c1-19-18(21-13-8-6-5-7-9-13)20-12-15-16(23-3)10-14(22-2)11-17(15)24-4/h10-11,13H,5-9,12H2,1-4H3,(H2,19,20,21). The monoisotopic (exact) mass is 335 g/mol. The predicted octanol–water partition coefficient (Wildman–Crippen LogP) is 2.71. The third-order valence-electron chi connectivity index (χ3n) is 4.42. The van der Waals surface area contributed by atoms with Crippen molar-refractivity contribution in [2.75, 3.05) is 28.4 Å². The van der Waals surface area contributed by atoms with Gasteiger partial charge in [0.15, 0.2) is 5.96 Å². The van der Waals surface area contributed by atoms with Crippen LogP contribution in [0.15, 0.2) is 17.1 Å². The van der Waals surface area contributed by atoms with E-state index >= 15 is 0 Å². The average Bonchev–Trinajstić information content (AvgIpc) is 2.65. The minimum absolute atomic E-state index is 0.504. The molecule has 0 bridgehead atoms. The second kappa shape index (κ2) is 9.25. The van der Waals surface area contributed by atoms with E-state index in [-0.39, 0.29) is 0 Å². The lowest BCUT2D eigenvalue weighted by atomic mass is 9.96. The second-order valence-corrected chi connectivity index (χ2v) is 5.92. The van der Waals surface area contributed by atoms with Crippen molar-refractivity contribution < 1.29 is 14.2 Å². The highest BCUT2D eigenvalue weighted by atomic mass is 16.5. The molecule has 1 aromatic carbocycles. The van der Waals surface area contributed by atoms with Gasteiger partial charge in [0, 0.05) is 25.2 Å². The fourth-order valence-corrected chi connectivity index (χ4v) is 3.06. The van der Waals surface area contributed by atoms with Gasteiger partial charge in [-0.1, -0.05) is 19.3 Å². The summed E-state index contributed by atoms with van der Waals surface area (Å²) in [5, 5.41) is 6.86. The van der Waals surface area contributed by atoms with Crippen molar-refractivity contribution in [3.05, 3.63) is 17.7 Å². The van der Waals surface area contributed by atoms with E-state index in [0.29, 0.717) is 18.3 Å². The summed E-state index contributed by atoms with van der Waals surface area (Å²) >= 11 is 0. The summed E-state index contributed by atoms with van der Waals surface area (Å²) in [6.07, 6.45) is 6.32. The van der Waals surface area contributed by atoms with Gasteiger partial charge >= 0.3 is 0 Å². The Balaban J connectivity index is 2.06. The molecule has 1 aromatic rings. The summed E-state index contributed by atoms with van der Waals surface area (Å²) in [5.74, 6) is 2.97. The molecule has 0 amide bonds. The second-order valence-electron chi connectivity index (χ2n) is 5.92. The van der Waals surface area contributed by atoms with Gasteiger partial charge in [0.2, 0.25) is 0 Å². The molecule has 1 aliphatic rings. The highest BCUT2D eigenvalue weighted by Gasteiger charge is 2.16. The van der Waals surface area contributed by atoms with E-state index in [0.717, 1.165) is 23.0 Å². The molecule has 0 saturated heterocycles. The number of nitrogens with zero attached hydrogens (tertiary/aromatic N) is 1. The molecule has 134 valence electrons. The lowest BCUT2D eigenvalue weighted by molar-refractivity contribution is 0.367. The third kappa shape index (κ3) is 4.69. The molecule has 0 radical (unpaired) electrons. The van der Waals surface area contributed by atoms with E-state index in [1.807, 2.05) is 12.1 Å². The number of methoxy groups -OCH3 is 3. The van der Waals surface area contributed by atoms with Gasteiger partial charge in [-0.3, -0.25) is 4.99 Å². The van der Waals surface area contributed by atoms with Crippen molar-refractivity contribution in [2.45, 2.75) is 44.7 Å². The number of hydrogen-bond donors (Lipinski definition) is 2. The van der Waals surface area contributed by atoms with Crippen LogP contribution in [-0.4, -0.2) is 40.4 Å². The Morgan fingerprint density at radius 2 is 1.67 bits per heavy atom. The number of benzene rings is 1. The Morgan fingerprint density at radius 3 is 2.17 bits per heavy atom. The average molecular weight is 335 g/mol. The lowest BCUT2D eigenvalue weighted by Crippen LogP contribution is -2.43. The van der Waals surface area contributed by atoms with Crippen LogP contribution < -0.4 is 24.8 Å². The molecule has 0 aromatic heterocycles. The van der Waals surface area contributed by atoms with Crippen molar-refractivity contribution in [3.63, 3.8) is 0 Å². The number of hydrogen-bond acceptors (Lipinski definition) is 4. The SMILES string of the molecule is CN=C(NCc1c(OC)cc(OC)cc1OC)NC1CCCCC1. The van der Waals surface area contributed by atoms with Crippen LogP contribution in [0.1, 0.15) is 37.7 Å². The minimum atomic E-state index is 0.504. The first-order valence-electron chi connectivity index (χ1n) is 8.47. The van der Waals surface area contributed by atoms with Gasteiger partial charge in [-0.05, 0) is 12.8 Å². The molecule has 1 fully saturated rings. The molecule has 0 unspecified atom stereocenters. The van der Waals surface area contributed by atoms with E-state index in [1.165, 1.54) is 32.1 Å². The third-order valence-corrected chi connectivity index (χ3v) is 4.42. The van der Waals surface area contributed by atoms with Crippen molar-refractivity contribution in [1.29, 1.82) is 0 Å². The van der Waals surface area contributed by atoms with Gasteiger partial charge < -0.3 is 24.8 Å². The predicted molar refractivity (Wildman–Crippen MR) is 96.3 cm³/mol. The smallest absolute Gasteiger partial charge is 0.191 e. The summed E-state index contributed by atoms with van der Waals surface area (Å²) < 4.78 is 16.3. The van der Waals surface area contributed by atoms with Crippen molar-refractivity contribution in [3.8, 4) is 17.2 Å². The molecular formula is C18H29N3O3. The van der Waals surface area contributed by atoms with Crippen LogP contribution in [0.3, 0.4) is 0 Å². The summed E-state index contributed by atoms with van der Waals surface area (Å²) in [5.41, 5.74) is 0.937. The molecule has 0 spiro atoms. The highest BCUT2D eigenvalue weighted by Crippen LogP contribution is 2.33. The molecule has 6 heteroatoms. The van der Waals surface area contributed by atoms with Crippen LogP contribution in [0, 0.1) is 0 Å². The van der Waals surface area contributed by atoms with Crippen LogP contribution in [0.4, 0.5) is 0 Å². The fourth-order valence-electron chi connectivity index (χ4n) is 3.06. The largest absolute Gasteiger partial charge is 0.496 e. The number of guanidine groups is 1. The van der Waals surface area contributed by atoms with Gasteiger partial charge in [-0.15, -0.1) is 0 Å². The topological polar surface area (TPSA) is 64.1 Å². The zero-order chi connectivity index (χ0) is 17.4. The molecular weight excluding hydrogens is 306 g/mol. The first kappa shape index (κ1) is 18.2. The maximum atomic E-state index is 5.49. The maximum absolute atomic E-state index is 5.49. The zero-order valence-corrected chi connectivity index (χ0v) is 15.1. The van der Waals surface area contributed by atoms with Gasteiger partial charge in [0.1, 0.15) is 17.2 Å². The Hall–Kier alpha value is -2.11. The molecule has 6 nitrogen and oxygen atoms in total.